The number of carbonyl (C=O) groups is 1. The standard InChI is InChI=1S/C12H16N2O/c1-9(15)12(14-2)8-11(13)10-6-4-3-5-7-10/h3-8,11,14H,13H2,1-2H3/b12-8-. The maximum Gasteiger partial charge on any atom is 0.175 e. The molecule has 1 aromatic rings. The van der Waals surface area contributed by atoms with Crippen LogP contribution in [0.25, 0.3) is 0 Å². The van der Waals surface area contributed by atoms with Crippen LogP contribution in [-0.4, -0.2) is 12.8 Å². The molecule has 0 spiro atoms. The third kappa shape index (κ3) is 3.22. The molecule has 0 fully saturated rings. The molecule has 80 valence electrons. The summed E-state index contributed by atoms with van der Waals surface area (Å²) in [6.45, 7) is 1.51. The molecule has 15 heavy (non-hydrogen) atoms. The molecule has 0 aliphatic heterocycles. The van der Waals surface area contributed by atoms with Crippen molar-refractivity contribution in [2.75, 3.05) is 7.05 Å². The van der Waals surface area contributed by atoms with E-state index in [1.807, 2.05) is 30.3 Å². The number of Topliss-reactive ketones (excluding diaryl/α,β-unsaturated/α-hetero) is 1. The summed E-state index contributed by atoms with van der Waals surface area (Å²) >= 11 is 0. The fourth-order valence-corrected chi connectivity index (χ4v) is 1.33. The number of likely N-dealkylation sites (N-methyl/N-ethyl adjacent to an activating group) is 1. The Bertz CT molecular complexity index is 357. The van der Waals surface area contributed by atoms with E-state index in [1.165, 1.54) is 6.92 Å². The minimum atomic E-state index is -0.252. The number of allylic oxidation sites excluding steroid dienone is 1. The van der Waals surface area contributed by atoms with Gasteiger partial charge in [-0.2, -0.15) is 0 Å². The Labute approximate surface area is 90.0 Å². The minimum absolute atomic E-state index is 0.0103. The average Bonchev–Trinajstić information content (AvgIpc) is 2.26. The first kappa shape index (κ1) is 11.5. The molecule has 3 heteroatoms. The van der Waals surface area contributed by atoms with Crippen LogP contribution >= 0.6 is 0 Å². The number of nitrogens with two attached hydrogens (primary N) is 1. The van der Waals surface area contributed by atoms with E-state index >= 15 is 0 Å². The molecule has 0 amide bonds. The largest absolute Gasteiger partial charge is 0.385 e. The van der Waals surface area contributed by atoms with Gasteiger partial charge in [0.1, 0.15) is 0 Å². The monoisotopic (exact) mass is 204 g/mol. The first-order chi connectivity index (χ1) is 7.15. The quantitative estimate of drug-likeness (QED) is 0.728. The molecule has 3 nitrogen and oxygen atoms in total. The van der Waals surface area contributed by atoms with Gasteiger partial charge < -0.3 is 11.1 Å². The van der Waals surface area contributed by atoms with Crippen molar-refractivity contribution in [3.63, 3.8) is 0 Å². The van der Waals surface area contributed by atoms with Gasteiger partial charge in [0.2, 0.25) is 0 Å². The first-order valence-electron chi connectivity index (χ1n) is 4.86. The van der Waals surface area contributed by atoms with Crippen LogP contribution in [0.5, 0.6) is 0 Å². The van der Waals surface area contributed by atoms with Gasteiger partial charge in [-0.15, -0.1) is 0 Å². The number of benzene rings is 1. The van der Waals surface area contributed by atoms with E-state index in [1.54, 1.807) is 13.1 Å². The molecule has 1 rings (SSSR count). The van der Waals surface area contributed by atoms with Crippen molar-refractivity contribution in [3.05, 3.63) is 47.7 Å². The summed E-state index contributed by atoms with van der Waals surface area (Å²) in [7, 11) is 1.71. The Balaban J connectivity index is 2.86. The van der Waals surface area contributed by atoms with Crippen LogP contribution in [0.3, 0.4) is 0 Å². The Morgan fingerprint density at radius 1 is 1.40 bits per heavy atom. The summed E-state index contributed by atoms with van der Waals surface area (Å²) in [5.41, 5.74) is 7.48. The molecule has 0 aliphatic carbocycles. The van der Waals surface area contributed by atoms with E-state index in [0.29, 0.717) is 5.70 Å². The summed E-state index contributed by atoms with van der Waals surface area (Å²) in [4.78, 5) is 11.2. The molecule has 0 saturated heterocycles. The van der Waals surface area contributed by atoms with Gasteiger partial charge in [-0.25, -0.2) is 0 Å². The van der Waals surface area contributed by atoms with Gasteiger partial charge in [0.25, 0.3) is 0 Å². The van der Waals surface area contributed by atoms with Crippen LogP contribution < -0.4 is 11.1 Å². The Morgan fingerprint density at radius 2 is 2.00 bits per heavy atom. The van der Waals surface area contributed by atoms with E-state index in [4.69, 9.17) is 5.73 Å². The number of rotatable bonds is 4. The summed E-state index contributed by atoms with van der Waals surface area (Å²) in [5.74, 6) is -0.0103. The number of carbonyl (C=O) groups excluding carboxylic acids is 1. The van der Waals surface area contributed by atoms with Gasteiger partial charge in [-0.3, -0.25) is 4.79 Å². The fourth-order valence-electron chi connectivity index (χ4n) is 1.33. The highest BCUT2D eigenvalue weighted by molar-refractivity contribution is 5.92. The first-order valence-corrected chi connectivity index (χ1v) is 4.86. The highest BCUT2D eigenvalue weighted by Crippen LogP contribution is 2.12. The predicted molar refractivity (Wildman–Crippen MR) is 61.2 cm³/mol. The third-order valence-electron chi connectivity index (χ3n) is 2.18. The lowest BCUT2D eigenvalue weighted by Crippen LogP contribution is -2.17. The van der Waals surface area contributed by atoms with Crippen LogP contribution in [-0.2, 0) is 4.79 Å². The zero-order valence-corrected chi connectivity index (χ0v) is 9.03. The lowest BCUT2D eigenvalue weighted by molar-refractivity contribution is -0.113. The van der Waals surface area contributed by atoms with Crippen molar-refractivity contribution >= 4 is 5.78 Å². The second kappa shape index (κ2) is 5.32. The van der Waals surface area contributed by atoms with Gasteiger partial charge in [-0.1, -0.05) is 30.3 Å². The zero-order chi connectivity index (χ0) is 11.3. The van der Waals surface area contributed by atoms with E-state index < -0.39 is 0 Å². The molecule has 0 heterocycles. The normalized spacial score (nSPS) is 13.4. The lowest BCUT2D eigenvalue weighted by Gasteiger charge is -2.09. The van der Waals surface area contributed by atoms with Crippen LogP contribution in [0.2, 0.25) is 0 Å². The molecule has 1 unspecified atom stereocenters. The molecule has 1 atom stereocenters. The average molecular weight is 204 g/mol. The lowest BCUT2D eigenvalue weighted by atomic mass is 10.1. The maximum absolute atomic E-state index is 11.2. The molecular weight excluding hydrogens is 188 g/mol. The van der Waals surface area contributed by atoms with Gasteiger partial charge in [-0.05, 0) is 11.6 Å². The topological polar surface area (TPSA) is 55.1 Å². The molecule has 0 aromatic heterocycles. The van der Waals surface area contributed by atoms with Crippen molar-refractivity contribution in [2.45, 2.75) is 13.0 Å². The second-order valence-corrected chi connectivity index (χ2v) is 3.32. The predicted octanol–water partition coefficient (Wildman–Crippen LogP) is 1.38. The fraction of sp³-hybridized carbons (Fsp3) is 0.250. The van der Waals surface area contributed by atoms with Crippen LogP contribution in [0, 0.1) is 0 Å². The van der Waals surface area contributed by atoms with Crippen LogP contribution in [0.1, 0.15) is 18.5 Å². The number of nitrogens with one attached hydrogen (secondary N) is 1. The van der Waals surface area contributed by atoms with Crippen molar-refractivity contribution in [1.29, 1.82) is 0 Å². The van der Waals surface area contributed by atoms with E-state index in [0.717, 1.165) is 5.56 Å². The van der Waals surface area contributed by atoms with Crippen molar-refractivity contribution in [2.24, 2.45) is 5.73 Å². The second-order valence-electron chi connectivity index (χ2n) is 3.32. The van der Waals surface area contributed by atoms with Gasteiger partial charge in [0, 0.05) is 14.0 Å². The molecule has 0 radical (unpaired) electrons. The molecule has 3 N–H and O–H groups in total. The minimum Gasteiger partial charge on any atom is -0.385 e. The molecule has 1 aromatic carbocycles. The van der Waals surface area contributed by atoms with Gasteiger partial charge >= 0.3 is 0 Å². The SMILES string of the molecule is CN/C(=C\C(N)c1ccccc1)C(C)=O. The van der Waals surface area contributed by atoms with Crippen molar-refractivity contribution in [1.82, 2.24) is 5.32 Å². The smallest absolute Gasteiger partial charge is 0.175 e. The summed E-state index contributed by atoms with van der Waals surface area (Å²) in [5, 5.41) is 2.83. The zero-order valence-electron chi connectivity index (χ0n) is 9.03. The van der Waals surface area contributed by atoms with Gasteiger partial charge in [0.15, 0.2) is 5.78 Å². The van der Waals surface area contributed by atoms with E-state index in [2.05, 4.69) is 5.32 Å². The van der Waals surface area contributed by atoms with E-state index in [9.17, 15) is 4.79 Å². The maximum atomic E-state index is 11.2. The van der Waals surface area contributed by atoms with Gasteiger partial charge in [0.05, 0.1) is 11.7 Å². The molecule has 0 aliphatic rings. The van der Waals surface area contributed by atoms with Crippen LogP contribution in [0.15, 0.2) is 42.1 Å². The number of ketones is 1. The molecular formula is C12H16N2O. The number of hydrogen-bond donors (Lipinski definition) is 2. The van der Waals surface area contributed by atoms with Crippen molar-refractivity contribution in [3.8, 4) is 0 Å². The highest BCUT2D eigenvalue weighted by atomic mass is 16.1. The van der Waals surface area contributed by atoms with E-state index in [-0.39, 0.29) is 11.8 Å². The summed E-state index contributed by atoms with van der Waals surface area (Å²) in [6, 6.07) is 9.41. The molecule has 0 bridgehead atoms. The Morgan fingerprint density at radius 3 is 2.47 bits per heavy atom. The van der Waals surface area contributed by atoms with Crippen LogP contribution in [0.4, 0.5) is 0 Å². The highest BCUT2D eigenvalue weighted by Gasteiger charge is 2.06. The van der Waals surface area contributed by atoms with Crippen molar-refractivity contribution < 1.29 is 4.79 Å². The summed E-state index contributed by atoms with van der Waals surface area (Å²) < 4.78 is 0. The third-order valence-corrected chi connectivity index (χ3v) is 2.18. The Kier molecular flexibility index (Phi) is 4.06. The number of hydrogen-bond acceptors (Lipinski definition) is 3. The molecule has 0 saturated carbocycles. The summed E-state index contributed by atoms with van der Waals surface area (Å²) in [6.07, 6.45) is 1.73. The Hall–Kier alpha value is -1.61.